The van der Waals surface area contributed by atoms with E-state index in [0.717, 1.165) is 44.1 Å². The number of anilines is 1. The lowest BCUT2D eigenvalue weighted by Crippen LogP contribution is -2.31. The fourth-order valence-corrected chi connectivity index (χ4v) is 4.27. The zero-order chi connectivity index (χ0) is 18.2. The van der Waals surface area contributed by atoms with Crippen molar-refractivity contribution in [1.82, 2.24) is 19.7 Å². The Labute approximate surface area is 157 Å². The SMILES string of the molecule is O=C(Nc1ccccc1)c1nnc2n1C[C@H]1CN(Cc3ccoc3)C[C@H]1C2. The Hall–Kier alpha value is -2.93. The van der Waals surface area contributed by atoms with Gasteiger partial charge in [0.05, 0.1) is 12.5 Å². The average molecular weight is 363 g/mol. The number of nitrogens with one attached hydrogen (secondary N) is 1. The number of hydrogen-bond donors (Lipinski definition) is 1. The van der Waals surface area contributed by atoms with Crippen molar-refractivity contribution in [3.05, 3.63) is 66.1 Å². The minimum Gasteiger partial charge on any atom is -0.472 e. The summed E-state index contributed by atoms with van der Waals surface area (Å²) in [6, 6.07) is 11.5. The van der Waals surface area contributed by atoms with Crippen molar-refractivity contribution < 1.29 is 9.21 Å². The summed E-state index contributed by atoms with van der Waals surface area (Å²) >= 11 is 0. The molecule has 1 amide bonds. The van der Waals surface area contributed by atoms with Gasteiger partial charge in [0.15, 0.2) is 0 Å². The Balaban J connectivity index is 1.30. The fourth-order valence-electron chi connectivity index (χ4n) is 4.27. The van der Waals surface area contributed by atoms with Gasteiger partial charge in [-0.15, -0.1) is 10.2 Å². The van der Waals surface area contributed by atoms with E-state index >= 15 is 0 Å². The maximum atomic E-state index is 12.7. The Bertz CT molecular complexity index is 935. The number of para-hydroxylation sites is 1. The van der Waals surface area contributed by atoms with Gasteiger partial charge in [-0.1, -0.05) is 18.2 Å². The van der Waals surface area contributed by atoms with Gasteiger partial charge in [0, 0.05) is 43.9 Å². The zero-order valence-electron chi connectivity index (χ0n) is 14.9. The van der Waals surface area contributed by atoms with E-state index < -0.39 is 0 Å². The summed E-state index contributed by atoms with van der Waals surface area (Å²) in [6.07, 6.45) is 4.40. The molecular weight excluding hydrogens is 342 g/mol. The monoisotopic (exact) mass is 363 g/mol. The van der Waals surface area contributed by atoms with Crippen molar-refractivity contribution in [2.75, 3.05) is 18.4 Å². The van der Waals surface area contributed by atoms with Crippen LogP contribution in [0.15, 0.2) is 53.3 Å². The maximum absolute atomic E-state index is 12.7. The van der Waals surface area contributed by atoms with Crippen molar-refractivity contribution in [2.45, 2.75) is 19.5 Å². The van der Waals surface area contributed by atoms with Crippen molar-refractivity contribution in [2.24, 2.45) is 11.8 Å². The fraction of sp³-hybridized carbons (Fsp3) is 0.350. The lowest BCUT2D eigenvalue weighted by molar-refractivity contribution is 0.100. The van der Waals surface area contributed by atoms with Crippen molar-refractivity contribution >= 4 is 11.6 Å². The lowest BCUT2D eigenvalue weighted by Gasteiger charge is -2.25. The van der Waals surface area contributed by atoms with Gasteiger partial charge in [-0.05, 0) is 30.0 Å². The third-order valence-electron chi connectivity index (χ3n) is 5.56. The Morgan fingerprint density at radius 2 is 1.96 bits per heavy atom. The highest BCUT2D eigenvalue weighted by Crippen LogP contribution is 2.33. The van der Waals surface area contributed by atoms with Crippen LogP contribution in [0.5, 0.6) is 0 Å². The molecule has 1 saturated heterocycles. The van der Waals surface area contributed by atoms with E-state index in [0.29, 0.717) is 17.7 Å². The van der Waals surface area contributed by atoms with Crippen LogP contribution in [0, 0.1) is 11.8 Å². The molecule has 0 aliphatic carbocycles. The molecule has 0 unspecified atom stereocenters. The molecule has 7 nitrogen and oxygen atoms in total. The number of benzene rings is 1. The summed E-state index contributed by atoms with van der Waals surface area (Å²) in [4.78, 5) is 15.1. The molecule has 5 rings (SSSR count). The van der Waals surface area contributed by atoms with Crippen LogP contribution in [0.2, 0.25) is 0 Å². The van der Waals surface area contributed by atoms with Gasteiger partial charge in [0.2, 0.25) is 5.82 Å². The van der Waals surface area contributed by atoms with E-state index in [2.05, 4.69) is 20.4 Å². The van der Waals surface area contributed by atoms with Crippen LogP contribution in [0.4, 0.5) is 5.69 Å². The number of fused-ring (bicyclic) bond motifs is 2. The third kappa shape index (κ3) is 3.14. The highest BCUT2D eigenvalue weighted by Gasteiger charge is 2.39. The van der Waals surface area contributed by atoms with Crippen molar-refractivity contribution in [1.29, 1.82) is 0 Å². The van der Waals surface area contributed by atoms with E-state index in [9.17, 15) is 4.79 Å². The first-order valence-corrected chi connectivity index (χ1v) is 9.28. The first kappa shape index (κ1) is 16.3. The second-order valence-corrected chi connectivity index (χ2v) is 7.42. The van der Waals surface area contributed by atoms with Crippen LogP contribution in [0.1, 0.15) is 22.0 Å². The summed E-state index contributed by atoms with van der Waals surface area (Å²) in [5.74, 6) is 2.20. The molecular formula is C20H21N5O2. The first-order valence-electron chi connectivity index (χ1n) is 9.28. The minimum absolute atomic E-state index is 0.202. The number of carbonyl (C=O) groups is 1. The molecule has 1 fully saturated rings. The summed E-state index contributed by atoms with van der Waals surface area (Å²) in [5.41, 5.74) is 1.97. The first-order chi connectivity index (χ1) is 13.3. The van der Waals surface area contributed by atoms with Gasteiger partial charge in [0.1, 0.15) is 5.82 Å². The molecule has 0 radical (unpaired) electrons. The standard InChI is InChI=1S/C20H21N5O2/c26-20(21-17-4-2-1-3-5-17)19-23-22-18-8-15-10-24(9-14-6-7-27-13-14)11-16(15)12-25(18)19/h1-7,13,15-16H,8-12H2,(H,21,26)/t15-,16-/m1/s1. The quantitative estimate of drug-likeness (QED) is 0.770. The second-order valence-electron chi connectivity index (χ2n) is 7.42. The van der Waals surface area contributed by atoms with Gasteiger partial charge in [-0.25, -0.2) is 0 Å². The number of furan rings is 1. The largest absolute Gasteiger partial charge is 0.472 e. The van der Waals surface area contributed by atoms with Crippen LogP contribution < -0.4 is 5.32 Å². The molecule has 138 valence electrons. The molecule has 1 N–H and O–H groups in total. The van der Waals surface area contributed by atoms with Gasteiger partial charge in [-0.2, -0.15) is 0 Å². The van der Waals surface area contributed by atoms with Gasteiger partial charge in [-0.3, -0.25) is 9.69 Å². The van der Waals surface area contributed by atoms with Crippen LogP contribution in [-0.4, -0.2) is 38.7 Å². The van der Waals surface area contributed by atoms with E-state index in [1.165, 1.54) is 5.56 Å². The summed E-state index contributed by atoms with van der Waals surface area (Å²) in [7, 11) is 0. The molecule has 4 heterocycles. The molecule has 3 aromatic rings. The minimum atomic E-state index is -0.202. The third-order valence-corrected chi connectivity index (χ3v) is 5.56. The Kier molecular flexibility index (Phi) is 4.01. The molecule has 2 aliphatic rings. The Morgan fingerprint density at radius 1 is 1.11 bits per heavy atom. The van der Waals surface area contributed by atoms with Gasteiger partial charge < -0.3 is 14.3 Å². The number of carbonyl (C=O) groups excluding carboxylic acids is 1. The smallest absolute Gasteiger partial charge is 0.293 e. The molecule has 2 aliphatic heterocycles. The highest BCUT2D eigenvalue weighted by molar-refractivity contribution is 6.01. The van der Waals surface area contributed by atoms with Gasteiger partial charge in [0.25, 0.3) is 5.91 Å². The summed E-state index contributed by atoms with van der Waals surface area (Å²) in [5, 5.41) is 11.4. The van der Waals surface area contributed by atoms with E-state index in [1.54, 1.807) is 6.26 Å². The number of aromatic nitrogens is 3. The molecule has 1 aromatic carbocycles. The number of hydrogen-bond acceptors (Lipinski definition) is 5. The molecule has 0 spiro atoms. The van der Waals surface area contributed by atoms with E-state index in [4.69, 9.17) is 4.42 Å². The summed E-state index contributed by atoms with van der Waals surface area (Å²) in [6.45, 7) is 3.78. The predicted octanol–water partition coefficient (Wildman–Crippen LogP) is 2.43. The van der Waals surface area contributed by atoms with Gasteiger partial charge >= 0.3 is 0 Å². The average Bonchev–Trinajstić information content (AvgIpc) is 3.40. The maximum Gasteiger partial charge on any atom is 0.293 e. The van der Waals surface area contributed by atoms with E-state index in [1.807, 2.05) is 47.2 Å². The molecule has 0 bridgehead atoms. The summed E-state index contributed by atoms with van der Waals surface area (Å²) < 4.78 is 7.18. The topological polar surface area (TPSA) is 76.2 Å². The molecule has 27 heavy (non-hydrogen) atoms. The second kappa shape index (κ2) is 6.66. The number of rotatable bonds is 4. The van der Waals surface area contributed by atoms with Crippen LogP contribution in [0.3, 0.4) is 0 Å². The molecule has 2 aromatic heterocycles. The normalized spacial score (nSPS) is 21.6. The zero-order valence-corrected chi connectivity index (χ0v) is 14.9. The van der Waals surface area contributed by atoms with Crippen LogP contribution in [-0.2, 0) is 19.5 Å². The lowest BCUT2D eigenvalue weighted by atomic mass is 9.89. The van der Waals surface area contributed by atoms with E-state index in [-0.39, 0.29) is 5.91 Å². The molecule has 0 saturated carbocycles. The highest BCUT2D eigenvalue weighted by atomic mass is 16.3. The predicted molar refractivity (Wildman–Crippen MR) is 99.1 cm³/mol. The Morgan fingerprint density at radius 3 is 2.78 bits per heavy atom. The molecule has 7 heteroatoms. The number of amides is 1. The van der Waals surface area contributed by atoms with Crippen molar-refractivity contribution in [3.63, 3.8) is 0 Å². The van der Waals surface area contributed by atoms with Crippen LogP contribution in [0.25, 0.3) is 0 Å². The number of likely N-dealkylation sites (tertiary alicyclic amines) is 1. The number of nitrogens with zero attached hydrogens (tertiary/aromatic N) is 4. The van der Waals surface area contributed by atoms with Crippen LogP contribution >= 0.6 is 0 Å². The molecule has 2 atom stereocenters. The van der Waals surface area contributed by atoms with Crippen molar-refractivity contribution in [3.8, 4) is 0 Å².